The molecule has 2 rings (SSSR count). The zero-order valence-electron chi connectivity index (χ0n) is 8.87. The van der Waals surface area contributed by atoms with E-state index < -0.39 is 5.41 Å². The van der Waals surface area contributed by atoms with Crippen LogP contribution in [0.2, 0.25) is 0 Å². The topological polar surface area (TPSA) is 44.0 Å². The number of hydrogen-bond acceptors (Lipinski definition) is 2. The van der Waals surface area contributed by atoms with Crippen LogP contribution in [0.5, 0.6) is 0 Å². The maximum atomic E-state index is 10.1. The Morgan fingerprint density at radius 3 is 2.29 bits per heavy atom. The van der Waals surface area contributed by atoms with E-state index in [-0.39, 0.29) is 6.10 Å². The van der Waals surface area contributed by atoms with Crippen molar-refractivity contribution in [3.05, 3.63) is 0 Å². The van der Waals surface area contributed by atoms with Gasteiger partial charge in [0.05, 0.1) is 17.6 Å². The number of aliphatic hydroxyl groups is 1. The van der Waals surface area contributed by atoms with E-state index in [2.05, 4.69) is 13.0 Å². The summed E-state index contributed by atoms with van der Waals surface area (Å²) in [6.45, 7) is 2.24. The lowest BCUT2D eigenvalue weighted by atomic mass is 9.67. The molecule has 0 radical (unpaired) electrons. The van der Waals surface area contributed by atoms with Crippen molar-refractivity contribution in [2.75, 3.05) is 0 Å². The van der Waals surface area contributed by atoms with Gasteiger partial charge in [-0.25, -0.2) is 0 Å². The van der Waals surface area contributed by atoms with Gasteiger partial charge in [0.15, 0.2) is 0 Å². The summed E-state index contributed by atoms with van der Waals surface area (Å²) < 4.78 is 0. The van der Waals surface area contributed by atoms with Gasteiger partial charge in [0.2, 0.25) is 0 Å². The number of nitriles is 1. The van der Waals surface area contributed by atoms with Crippen LogP contribution < -0.4 is 0 Å². The van der Waals surface area contributed by atoms with E-state index in [0.717, 1.165) is 44.4 Å². The van der Waals surface area contributed by atoms with Crippen LogP contribution in [0.15, 0.2) is 0 Å². The molecular weight excluding hydrogens is 174 g/mol. The first-order chi connectivity index (χ1) is 6.68. The van der Waals surface area contributed by atoms with Gasteiger partial charge in [-0.2, -0.15) is 5.26 Å². The SMILES string of the molecule is CC1CCC(C#N)(C(O)C2CC2)CC1. The number of rotatable bonds is 2. The lowest BCUT2D eigenvalue weighted by molar-refractivity contribution is 0.0124. The minimum Gasteiger partial charge on any atom is -0.391 e. The molecule has 78 valence electrons. The van der Waals surface area contributed by atoms with Gasteiger partial charge < -0.3 is 5.11 Å². The zero-order chi connectivity index (χ0) is 10.2. The molecule has 1 atom stereocenters. The molecule has 0 amide bonds. The third-order valence-electron chi connectivity index (χ3n) is 4.02. The van der Waals surface area contributed by atoms with Crippen molar-refractivity contribution in [1.29, 1.82) is 5.26 Å². The third kappa shape index (κ3) is 1.66. The Hall–Kier alpha value is -0.550. The van der Waals surface area contributed by atoms with Crippen LogP contribution in [0.1, 0.15) is 45.4 Å². The fraction of sp³-hybridized carbons (Fsp3) is 0.917. The van der Waals surface area contributed by atoms with E-state index in [1.54, 1.807) is 0 Å². The Morgan fingerprint density at radius 2 is 1.86 bits per heavy atom. The molecule has 0 bridgehead atoms. The molecule has 0 saturated heterocycles. The Balaban J connectivity index is 2.06. The van der Waals surface area contributed by atoms with Gasteiger partial charge in [0.1, 0.15) is 0 Å². The Labute approximate surface area is 85.9 Å². The van der Waals surface area contributed by atoms with Gasteiger partial charge in [-0.15, -0.1) is 0 Å². The van der Waals surface area contributed by atoms with Gasteiger partial charge in [-0.3, -0.25) is 0 Å². The van der Waals surface area contributed by atoms with Crippen molar-refractivity contribution in [2.45, 2.75) is 51.6 Å². The minimum absolute atomic E-state index is 0.347. The highest BCUT2D eigenvalue weighted by atomic mass is 16.3. The third-order valence-corrected chi connectivity index (χ3v) is 4.02. The van der Waals surface area contributed by atoms with Crippen molar-refractivity contribution >= 4 is 0 Å². The summed E-state index contributed by atoms with van der Waals surface area (Å²) in [7, 11) is 0. The van der Waals surface area contributed by atoms with Crippen LogP contribution in [0.4, 0.5) is 0 Å². The summed E-state index contributed by atoms with van der Waals surface area (Å²) >= 11 is 0. The molecule has 0 aromatic carbocycles. The summed E-state index contributed by atoms with van der Waals surface area (Å²) in [6, 6.07) is 2.41. The smallest absolute Gasteiger partial charge is 0.0835 e. The monoisotopic (exact) mass is 193 g/mol. The molecule has 2 heteroatoms. The molecule has 2 saturated carbocycles. The first-order valence-electron chi connectivity index (χ1n) is 5.77. The molecule has 0 aromatic rings. The Morgan fingerprint density at radius 1 is 1.29 bits per heavy atom. The summed E-state index contributed by atoms with van der Waals surface area (Å²) in [5.41, 5.74) is -0.395. The van der Waals surface area contributed by atoms with E-state index in [9.17, 15) is 10.4 Å². The van der Waals surface area contributed by atoms with Crippen LogP contribution >= 0.6 is 0 Å². The van der Waals surface area contributed by atoms with Gasteiger partial charge in [0.25, 0.3) is 0 Å². The minimum atomic E-state index is -0.395. The normalized spacial score (nSPS) is 40.2. The van der Waals surface area contributed by atoms with Crippen molar-refractivity contribution in [3.63, 3.8) is 0 Å². The molecule has 1 unspecified atom stereocenters. The van der Waals surface area contributed by atoms with Gasteiger partial charge in [-0.05, 0) is 50.4 Å². The standard InChI is InChI=1S/C12H19NO/c1-9-4-6-12(8-13,7-5-9)11(14)10-2-3-10/h9-11,14H,2-7H2,1H3. The maximum absolute atomic E-state index is 10.1. The lowest BCUT2D eigenvalue weighted by Gasteiger charge is -2.37. The first-order valence-corrected chi connectivity index (χ1v) is 5.77. The predicted octanol–water partition coefficient (Wildman–Crippen LogP) is 2.48. The van der Waals surface area contributed by atoms with Crippen LogP contribution in [0, 0.1) is 28.6 Å². The maximum Gasteiger partial charge on any atom is 0.0835 e. The Kier molecular flexibility index (Phi) is 2.53. The highest BCUT2D eigenvalue weighted by Gasteiger charge is 2.47. The highest BCUT2D eigenvalue weighted by Crippen LogP contribution is 2.48. The number of aliphatic hydroxyl groups excluding tert-OH is 1. The van der Waals surface area contributed by atoms with Gasteiger partial charge in [-0.1, -0.05) is 6.92 Å². The molecule has 2 nitrogen and oxygen atoms in total. The Bertz CT molecular complexity index is 244. The average molecular weight is 193 g/mol. The first kappa shape index (κ1) is 9.98. The fourth-order valence-electron chi connectivity index (χ4n) is 2.61. The van der Waals surface area contributed by atoms with E-state index in [4.69, 9.17) is 0 Å². The molecule has 0 spiro atoms. The largest absolute Gasteiger partial charge is 0.391 e. The molecule has 2 aliphatic carbocycles. The molecule has 2 fully saturated rings. The molecule has 0 aromatic heterocycles. The lowest BCUT2D eigenvalue weighted by Crippen LogP contribution is -2.38. The van der Waals surface area contributed by atoms with Gasteiger partial charge in [0, 0.05) is 0 Å². The van der Waals surface area contributed by atoms with Crippen LogP contribution in [-0.2, 0) is 0 Å². The summed E-state index contributed by atoms with van der Waals surface area (Å²) in [5.74, 6) is 1.17. The molecule has 0 heterocycles. The second-order valence-corrected chi connectivity index (χ2v) is 5.23. The summed E-state index contributed by atoms with van der Waals surface area (Å²) in [5, 5.41) is 19.4. The van der Waals surface area contributed by atoms with Crippen molar-refractivity contribution in [2.24, 2.45) is 17.3 Å². The highest BCUT2D eigenvalue weighted by molar-refractivity contribution is 5.09. The van der Waals surface area contributed by atoms with E-state index in [1.165, 1.54) is 0 Å². The van der Waals surface area contributed by atoms with Gasteiger partial charge >= 0.3 is 0 Å². The zero-order valence-corrected chi connectivity index (χ0v) is 8.87. The molecule has 14 heavy (non-hydrogen) atoms. The van der Waals surface area contributed by atoms with Crippen LogP contribution in [0.3, 0.4) is 0 Å². The quantitative estimate of drug-likeness (QED) is 0.732. The second-order valence-electron chi connectivity index (χ2n) is 5.23. The number of hydrogen-bond donors (Lipinski definition) is 1. The molecule has 2 aliphatic rings. The van der Waals surface area contributed by atoms with Crippen LogP contribution in [0.25, 0.3) is 0 Å². The van der Waals surface area contributed by atoms with Crippen molar-refractivity contribution in [1.82, 2.24) is 0 Å². The fourth-order valence-corrected chi connectivity index (χ4v) is 2.61. The number of nitrogens with zero attached hydrogens (tertiary/aromatic N) is 1. The average Bonchev–Trinajstić information content (AvgIpc) is 3.02. The van der Waals surface area contributed by atoms with Crippen molar-refractivity contribution in [3.8, 4) is 6.07 Å². The second kappa shape index (κ2) is 3.55. The molecule has 1 N–H and O–H groups in total. The summed E-state index contributed by atoms with van der Waals surface area (Å²) in [4.78, 5) is 0. The summed E-state index contributed by atoms with van der Waals surface area (Å²) in [6.07, 6.45) is 5.93. The van der Waals surface area contributed by atoms with E-state index >= 15 is 0 Å². The molecular formula is C12H19NO. The van der Waals surface area contributed by atoms with E-state index in [1.807, 2.05) is 0 Å². The predicted molar refractivity (Wildman–Crippen MR) is 54.4 cm³/mol. The van der Waals surface area contributed by atoms with Crippen LogP contribution in [-0.4, -0.2) is 11.2 Å². The van der Waals surface area contributed by atoms with Crippen molar-refractivity contribution < 1.29 is 5.11 Å². The van der Waals surface area contributed by atoms with E-state index in [0.29, 0.717) is 5.92 Å². The molecule has 0 aliphatic heterocycles.